The van der Waals surface area contributed by atoms with E-state index in [1.165, 1.54) is 0 Å². The Morgan fingerprint density at radius 3 is 0.478 bits per heavy atom. The van der Waals surface area contributed by atoms with E-state index in [-0.39, 0.29) is 48.0 Å². The molecule has 12 rings (SSSR count). The maximum absolute atomic E-state index is 4.85. The van der Waals surface area contributed by atoms with Crippen molar-refractivity contribution in [2.45, 2.75) is 0 Å². The van der Waals surface area contributed by atoms with Crippen molar-refractivity contribution < 1.29 is 48.0 Å². The summed E-state index contributed by atoms with van der Waals surface area (Å²) in [5.74, 6) is 0. The van der Waals surface area contributed by atoms with Crippen molar-refractivity contribution in [3.63, 3.8) is 0 Å². The van der Waals surface area contributed by atoms with Crippen molar-refractivity contribution in [3.05, 3.63) is 218 Å². The van der Waals surface area contributed by atoms with Crippen LogP contribution in [0.2, 0.25) is 0 Å². The molecule has 0 fully saturated rings. The number of hydrogen-bond donors (Lipinski definition) is 0. The summed E-state index contributed by atoms with van der Waals surface area (Å²) in [7, 11) is 9.71. The van der Waals surface area contributed by atoms with E-state index in [4.69, 9.17) is 19.4 Å². The Morgan fingerprint density at radius 1 is 0.203 bits per heavy atom. The number of para-hydroxylation sites is 6. The number of benzene rings is 6. The van der Waals surface area contributed by atoms with E-state index >= 15 is 0 Å². The molecule has 0 saturated carbocycles. The number of hydrogen-bond acceptors (Lipinski definition) is 6. The molecule has 0 unspecified atom stereocenters. The standard InChI is InChI=1S/3C18H12N2.2ClH.6H2O.Ru/c3*1-3-7-15-13(5-1)9-11-17(19-15)18-12-10-14-6-2-4-8-16(14)20-18;;;;;;;;;/h3*1-12H;2*1H;6*1H2;/q;;;;;;;;;;;+2/p-2. The average molecular weight is 1050 g/mol. The van der Waals surface area contributed by atoms with Crippen LogP contribution in [-0.4, -0.2) is 62.8 Å². The third-order valence-electron chi connectivity index (χ3n) is 10.4. The van der Waals surface area contributed by atoms with Gasteiger partial charge in [-0.2, -0.15) is 0 Å². The van der Waals surface area contributed by atoms with Crippen LogP contribution < -0.4 is 0 Å². The summed E-state index contributed by atoms with van der Waals surface area (Å²) in [6.45, 7) is 0. The van der Waals surface area contributed by atoms with E-state index in [1.54, 1.807) is 0 Å². The molecule has 0 aliphatic carbocycles. The van der Waals surface area contributed by atoms with Crippen LogP contribution in [0.15, 0.2) is 218 Å². The van der Waals surface area contributed by atoms with E-state index in [0.29, 0.717) is 0 Å². The molecule has 6 aromatic heterocycles. The molecule has 6 heterocycles. The van der Waals surface area contributed by atoms with Gasteiger partial charge in [0.15, 0.2) is 0 Å². The first-order valence-electron chi connectivity index (χ1n) is 20.1. The van der Waals surface area contributed by atoms with Gasteiger partial charge < -0.3 is 32.9 Å². The van der Waals surface area contributed by atoms with Crippen LogP contribution in [0, 0.1) is 0 Å². The number of fused-ring (bicyclic) bond motifs is 6. The zero-order chi connectivity index (χ0) is 42.8. The van der Waals surface area contributed by atoms with Gasteiger partial charge in [0.25, 0.3) is 0 Å². The third kappa shape index (κ3) is 13.5. The van der Waals surface area contributed by atoms with Crippen LogP contribution in [0.5, 0.6) is 0 Å². The van der Waals surface area contributed by atoms with Crippen LogP contribution in [0.1, 0.15) is 0 Å². The predicted molar refractivity (Wildman–Crippen MR) is 281 cm³/mol. The third-order valence-corrected chi connectivity index (χ3v) is 10.4. The van der Waals surface area contributed by atoms with Crippen LogP contribution in [0.3, 0.4) is 0 Å². The molecule has 69 heavy (non-hydrogen) atoms. The topological polar surface area (TPSA) is 266 Å². The molecular formula is C54H48Cl2N6O6Ru. The molecule has 12 N–H and O–H groups in total. The number of rotatable bonds is 3. The van der Waals surface area contributed by atoms with Gasteiger partial charge in [0.2, 0.25) is 0 Å². The summed E-state index contributed by atoms with van der Waals surface area (Å²) in [6, 6.07) is 73.5. The largest absolute Gasteiger partial charge is 0.246 e. The molecule has 0 amide bonds. The summed E-state index contributed by atoms with van der Waals surface area (Å²) < 4.78 is 0. The Bertz CT molecular complexity index is 2940. The van der Waals surface area contributed by atoms with Crippen molar-refractivity contribution >= 4 is 84.8 Å². The predicted octanol–water partition coefficient (Wildman–Crippen LogP) is 9.78. The van der Waals surface area contributed by atoms with Crippen molar-refractivity contribution in [1.29, 1.82) is 0 Å². The van der Waals surface area contributed by atoms with E-state index in [1.807, 2.05) is 146 Å². The van der Waals surface area contributed by atoms with Gasteiger partial charge in [-0.25, -0.2) is 29.9 Å². The fraction of sp³-hybridized carbons (Fsp3) is 0. The van der Waals surface area contributed by atoms with E-state index in [2.05, 4.69) is 103 Å². The number of aromatic nitrogens is 6. The Morgan fingerprint density at radius 2 is 0.333 bits per heavy atom. The van der Waals surface area contributed by atoms with Crippen LogP contribution >= 0.6 is 19.4 Å². The zero-order valence-electron chi connectivity index (χ0n) is 36.6. The minimum Gasteiger partial charge on any atom is -0.246 e. The molecule has 12 nitrogen and oxygen atoms in total. The van der Waals surface area contributed by atoms with Gasteiger partial charge in [-0.05, 0) is 72.8 Å². The Balaban J connectivity index is 0.000000255. The van der Waals surface area contributed by atoms with Crippen molar-refractivity contribution in [3.8, 4) is 34.2 Å². The van der Waals surface area contributed by atoms with Crippen molar-refractivity contribution in [1.82, 2.24) is 29.9 Å². The van der Waals surface area contributed by atoms with Gasteiger partial charge in [0.1, 0.15) is 0 Å². The normalized spacial score (nSPS) is 9.88. The van der Waals surface area contributed by atoms with Crippen molar-refractivity contribution in [2.24, 2.45) is 0 Å². The van der Waals surface area contributed by atoms with Crippen LogP contribution in [0.25, 0.3) is 99.6 Å². The minimum absolute atomic E-state index is 0. The first-order chi connectivity index (χ1) is 31.1. The summed E-state index contributed by atoms with van der Waals surface area (Å²) >= 11 is -0.346. The molecule has 0 radical (unpaired) electrons. The first-order valence-corrected chi connectivity index (χ1v) is 24.6. The SMILES string of the molecule is O.O.O.O.O.O.[Cl][Ru][Cl].c1ccc2nc(-c3ccc4ccccc4n3)ccc2c1.c1ccc2nc(-c3ccc4ccccc4n3)ccc2c1.c1ccc2nc(-c3ccc4ccccc4n3)ccc2c1. The van der Waals surface area contributed by atoms with Gasteiger partial charge in [-0.15, -0.1) is 0 Å². The minimum atomic E-state index is -0.346. The first kappa shape index (κ1) is 56.1. The monoisotopic (exact) mass is 1050 g/mol. The summed E-state index contributed by atoms with van der Waals surface area (Å²) in [5.41, 5.74) is 11.5. The summed E-state index contributed by atoms with van der Waals surface area (Å²) in [6.07, 6.45) is 0. The fourth-order valence-corrected chi connectivity index (χ4v) is 7.25. The molecule has 6 aromatic carbocycles. The van der Waals surface area contributed by atoms with Crippen LogP contribution in [0.4, 0.5) is 0 Å². The Labute approximate surface area is 412 Å². The summed E-state index contributed by atoms with van der Waals surface area (Å²) in [5, 5.41) is 6.90. The quantitative estimate of drug-likeness (QED) is 0.155. The molecule has 0 aliphatic rings. The fourth-order valence-electron chi connectivity index (χ4n) is 7.25. The van der Waals surface area contributed by atoms with Crippen LogP contribution in [-0.2, 0) is 15.1 Å². The maximum atomic E-state index is 4.85. The molecule has 12 aromatic rings. The molecule has 0 saturated heterocycles. The molecule has 0 bridgehead atoms. The van der Waals surface area contributed by atoms with E-state index in [0.717, 1.165) is 99.6 Å². The second kappa shape index (κ2) is 26.9. The number of pyridine rings is 6. The molecule has 0 atom stereocenters. The van der Waals surface area contributed by atoms with Gasteiger partial charge in [0, 0.05) is 32.3 Å². The Kier molecular flexibility index (Phi) is 21.9. The number of halogens is 2. The van der Waals surface area contributed by atoms with Gasteiger partial charge >= 0.3 is 34.5 Å². The van der Waals surface area contributed by atoms with Gasteiger partial charge in [0.05, 0.1) is 67.3 Å². The smallest absolute Gasteiger partial charge is 0.0894 e. The zero-order valence-corrected chi connectivity index (χ0v) is 39.8. The molecule has 0 spiro atoms. The number of nitrogens with zero attached hydrogens (tertiary/aromatic N) is 6. The van der Waals surface area contributed by atoms with Gasteiger partial charge in [-0.1, -0.05) is 146 Å². The molecule has 15 heteroatoms. The molecule has 0 aliphatic heterocycles. The summed E-state index contributed by atoms with van der Waals surface area (Å²) in [4.78, 5) is 28.1. The molecular weight excluding hydrogens is 1000 g/mol. The van der Waals surface area contributed by atoms with Gasteiger partial charge in [-0.3, -0.25) is 0 Å². The average Bonchev–Trinajstić information content (AvgIpc) is 3.36. The second-order valence-corrected chi connectivity index (χ2v) is 17.0. The van der Waals surface area contributed by atoms with E-state index < -0.39 is 0 Å². The van der Waals surface area contributed by atoms with E-state index in [9.17, 15) is 0 Å². The maximum Gasteiger partial charge on any atom is 0.0894 e. The second-order valence-electron chi connectivity index (χ2n) is 14.4. The molecule has 352 valence electrons. The van der Waals surface area contributed by atoms with Crippen molar-refractivity contribution in [2.75, 3.05) is 0 Å². The Hall–Kier alpha value is -7.26.